The molecule has 0 aliphatic carbocycles. The fourth-order valence-electron chi connectivity index (χ4n) is 3.88. The van der Waals surface area contributed by atoms with Crippen molar-refractivity contribution in [3.63, 3.8) is 0 Å². The van der Waals surface area contributed by atoms with E-state index in [9.17, 15) is 9.18 Å². The van der Waals surface area contributed by atoms with Crippen LogP contribution in [0.25, 0.3) is 22.5 Å². The lowest BCUT2D eigenvalue weighted by Crippen LogP contribution is -2.04. The third kappa shape index (κ3) is 7.21. The highest BCUT2D eigenvalue weighted by Crippen LogP contribution is 2.23. The number of carbonyl (C=O) groups excluding carboxylic acids is 1. The number of hydrogen-bond donors (Lipinski definition) is 0. The Kier molecular flexibility index (Phi) is 9.55. The normalized spacial score (nSPS) is 10.9. The average Bonchev–Trinajstić information content (AvgIpc) is 2.85. The Labute approximate surface area is 196 Å². The number of esters is 1. The van der Waals surface area contributed by atoms with Crippen molar-refractivity contribution >= 4 is 5.97 Å². The smallest absolute Gasteiger partial charge is 0.340 e. The summed E-state index contributed by atoms with van der Waals surface area (Å²) in [7, 11) is 1.22. The largest absolute Gasteiger partial charge is 0.465 e. The second-order valence-corrected chi connectivity index (χ2v) is 8.40. The Balaban J connectivity index is 1.53. The zero-order valence-corrected chi connectivity index (χ0v) is 19.6. The van der Waals surface area contributed by atoms with Gasteiger partial charge in [-0.1, -0.05) is 82.2 Å². The van der Waals surface area contributed by atoms with Gasteiger partial charge in [0.15, 0.2) is 5.82 Å². The fraction of sp³-hybridized carbons (Fsp3) is 0.393. The topological polar surface area (TPSA) is 52.1 Å². The molecule has 0 unspecified atom stereocenters. The molecule has 0 aliphatic rings. The van der Waals surface area contributed by atoms with E-state index < -0.39 is 11.8 Å². The summed E-state index contributed by atoms with van der Waals surface area (Å²) in [6.45, 7) is 2.25. The molecule has 0 radical (unpaired) electrons. The van der Waals surface area contributed by atoms with Gasteiger partial charge in [0.1, 0.15) is 5.82 Å². The fourth-order valence-corrected chi connectivity index (χ4v) is 3.88. The number of aromatic nitrogens is 2. The molecular formula is C28H33FN2O2. The second-order valence-electron chi connectivity index (χ2n) is 8.40. The molecule has 0 N–H and O–H groups in total. The summed E-state index contributed by atoms with van der Waals surface area (Å²) in [5, 5.41) is 0. The SMILES string of the molecule is CCCCCCCCCCc1ccc(-c2cnc(-c3ccc(C(=O)OC)c(F)c3)nc2)cc1. The summed E-state index contributed by atoms with van der Waals surface area (Å²) in [5.74, 6) is -0.958. The van der Waals surface area contributed by atoms with Crippen molar-refractivity contribution in [1.82, 2.24) is 9.97 Å². The molecule has 0 aliphatic heterocycles. The maximum atomic E-state index is 14.2. The Morgan fingerprint density at radius 1 is 0.818 bits per heavy atom. The van der Waals surface area contributed by atoms with Crippen molar-refractivity contribution in [1.29, 1.82) is 0 Å². The van der Waals surface area contributed by atoms with Gasteiger partial charge in [0.25, 0.3) is 0 Å². The summed E-state index contributed by atoms with van der Waals surface area (Å²) < 4.78 is 18.8. The minimum atomic E-state index is -0.707. The van der Waals surface area contributed by atoms with Crippen LogP contribution in [0.1, 0.15) is 74.2 Å². The maximum Gasteiger partial charge on any atom is 0.340 e. The monoisotopic (exact) mass is 448 g/mol. The molecule has 174 valence electrons. The van der Waals surface area contributed by atoms with Gasteiger partial charge in [0.2, 0.25) is 0 Å². The average molecular weight is 449 g/mol. The van der Waals surface area contributed by atoms with Gasteiger partial charge in [-0.3, -0.25) is 0 Å². The van der Waals surface area contributed by atoms with Crippen molar-refractivity contribution in [3.05, 3.63) is 71.8 Å². The number of methoxy groups -OCH3 is 1. The summed E-state index contributed by atoms with van der Waals surface area (Å²) in [6, 6.07) is 12.8. The summed E-state index contributed by atoms with van der Waals surface area (Å²) in [4.78, 5) is 20.3. The van der Waals surface area contributed by atoms with Crippen LogP contribution in [0.15, 0.2) is 54.9 Å². The molecule has 0 atom stereocenters. The minimum absolute atomic E-state index is 0.107. The van der Waals surface area contributed by atoms with Gasteiger partial charge in [-0.2, -0.15) is 0 Å². The zero-order chi connectivity index (χ0) is 23.5. The third-order valence-corrected chi connectivity index (χ3v) is 5.89. The lowest BCUT2D eigenvalue weighted by Gasteiger charge is -2.07. The third-order valence-electron chi connectivity index (χ3n) is 5.89. The first-order valence-corrected chi connectivity index (χ1v) is 11.9. The second kappa shape index (κ2) is 12.8. The van der Waals surface area contributed by atoms with Gasteiger partial charge in [0, 0.05) is 23.5 Å². The van der Waals surface area contributed by atoms with Crippen LogP contribution >= 0.6 is 0 Å². The number of ether oxygens (including phenoxy) is 1. The van der Waals surface area contributed by atoms with Gasteiger partial charge >= 0.3 is 5.97 Å². The van der Waals surface area contributed by atoms with E-state index >= 15 is 0 Å². The molecule has 0 saturated heterocycles. The highest BCUT2D eigenvalue weighted by atomic mass is 19.1. The molecule has 3 aromatic rings. The molecule has 0 amide bonds. The number of unbranched alkanes of at least 4 members (excludes halogenated alkanes) is 7. The number of aryl methyl sites for hydroxylation is 1. The van der Waals surface area contributed by atoms with Gasteiger partial charge in [-0.25, -0.2) is 19.2 Å². The minimum Gasteiger partial charge on any atom is -0.465 e. The number of halogens is 1. The van der Waals surface area contributed by atoms with Crippen molar-refractivity contribution in [2.24, 2.45) is 0 Å². The van der Waals surface area contributed by atoms with Gasteiger partial charge in [-0.05, 0) is 36.1 Å². The van der Waals surface area contributed by atoms with Crippen LogP contribution in [0, 0.1) is 5.82 Å². The van der Waals surface area contributed by atoms with Crippen molar-refractivity contribution in [2.45, 2.75) is 64.7 Å². The van der Waals surface area contributed by atoms with Crippen molar-refractivity contribution in [3.8, 4) is 22.5 Å². The first-order chi connectivity index (χ1) is 16.1. The maximum absolute atomic E-state index is 14.2. The molecule has 1 heterocycles. The number of carbonyl (C=O) groups is 1. The highest BCUT2D eigenvalue weighted by molar-refractivity contribution is 5.90. The molecule has 5 heteroatoms. The first kappa shape index (κ1) is 24.6. The van der Waals surface area contributed by atoms with E-state index in [-0.39, 0.29) is 5.56 Å². The zero-order valence-electron chi connectivity index (χ0n) is 19.6. The quantitative estimate of drug-likeness (QED) is 0.214. The van der Waals surface area contributed by atoms with Gasteiger partial charge < -0.3 is 4.74 Å². The van der Waals surface area contributed by atoms with Crippen LogP contribution in [0.4, 0.5) is 4.39 Å². The molecule has 4 nitrogen and oxygen atoms in total. The lowest BCUT2D eigenvalue weighted by molar-refractivity contribution is 0.0595. The predicted molar refractivity (Wildman–Crippen MR) is 131 cm³/mol. The first-order valence-electron chi connectivity index (χ1n) is 11.9. The van der Waals surface area contributed by atoms with Gasteiger partial charge in [0.05, 0.1) is 12.7 Å². The summed E-state index contributed by atoms with van der Waals surface area (Å²) in [6.07, 6.45) is 15.2. The van der Waals surface area contributed by atoms with Crippen molar-refractivity contribution < 1.29 is 13.9 Å². The molecular weight excluding hydrogens is 415 g/mol. The van der Waals surface area contributed by atoms with E-state index in [0.717, 1.165) is 17.5 Å². The Hall–Kier alpha value is -3.08. The Morgan fingerprint density at radius 3 is 2.03 bits per heavy atom. The Bertz CT molecular complexity index is 1020. The number of hydrogen-bond acceptors (Lipinski definition) is 4. The molecule has 3 rings (SSSR count). The summed E-state index contributed by atoms with van der Waals surface area (Å²) in [5.41, 5.74) is 3.71. The van der Waals surface area contributed by atoms with E-state index in [2.05, 4.69) is 45.9 Å². The van der Waals surface area contributed by atoms with Crippen LogP contribution in [-0.4, -0.2) is 23.0 Å². The van der Waals surface area contributed by atoms with Crippen LogP contribution in [-0.2, 0) is 11.2 Å². The summed E-state index contributed by atoms with van der Waals surface area (Å²) >= 11 is 0. The number of nitrogens with zero attached hydrogens (tertiary/aromatic N) is 2. The van der Waals surface area contributed by atoms with E-state index in [1.807, 2.05) is 0 Å². The van der Waals surface area contributed by atoms with E-state index in [1.54, 1.807) is 18.5 Å². The van der Waals surface area contributed by atoms with E-state index in [1.165, 1.54) is 76.2 Å². The van der Waals surface area contributed by atoms with Gasteiger partial charge in [-0.15, -0.1) is 0 Å². The van der Waals surface area contributed by atoms with Crippen LogP contribution in [0.3, 0.4) is 0 Å². The molecule has 33 heavy (non-hydrogen) atoms. The van der Waals surface area contributed by atoms with Crippen LogP contribution in [0.2, 0.25) is 0 Å². The van der Waals surface area contributed by atoms with Crippen LogP contribution < -0.4 is 0 Å². The number of benzene rings is 2. The predicted octanol–water partition coefficient (Wildman–Crippen LogP) is 7.42. The lowest BCUT2D eigenvalue weighted by atomic mass is 10.0. The Morgan fingerprint density at radius 2 is 1.42 bits per heavy atom. The van der Waals surface area contributed by atoms with E-state index in [0.29, 0.717) is 11.4 Å². The molecule has 0 spiro atoms. The van der Waals surface area contributed by atoms with Crippen LogP contribution in [0.5, 0.6) is 0 Å². The number of rotatable bonds is 12. The molecule has 2 aromatic carbocycles. The standard InChI is InChI=1S/C28H33FN2O2/c1-3-4-5-6-7-8-9-10-11-21-12-14-22(15-13-21)24-19-30-27(31-20-24)23-16-17-25(26(29)18-23)28(32)33-2/h12-20H,3-11H2,1-2H3. The molecule has 1 aromatic heterocycles. The molecule has 0 bridgehead atoms. The van der Waals surface area contributed by atoms with Crippen molar-refractivity contribution in [2.75, 3.05) is 7.11 Å². The van der Waals surface area contributed by atoms with E-state index in [4.69, 9.17) is 0 Å². The molecule has 0 saturated carbocycles. The molecule has 0 fully saturated rings. The highest BCUT2D eigenvalue weighted by Gasteiger charge is 2.14.